The number of amidine groups is 2. The molecule has 5 N–H and O–H groups in total. The van der Waals surface area contributed by atoms with E-state index in [1.54, 1.807) is 0 Å². The van der Waals surface area contributed by atoms with Crippen LogP contribution in [0.3, 0.4) is 0 Å². The lowest BCUT2D eigenvalue weighted by Gasteiger charge is -2.21. The van der Waals surface area contributed by atoms with Crippen LogP contribution in [-0.4, -0.2) is 18.7 Å². The number of hydrogen-bond donors (Lipinski definition) is 3. The Morgan fingerprint density at radius 2 is 1.65 bits per heavy atom. The van der Waals surface area contributed by atoms with Crippen LogP contribution in [0.25, 0.3) is 21.9 Å². The summed E-state index contributed by atoms with van der Waals surface area (Å²) in [5, 5.41) is 10.7. The van der Waals surface area contributed by atoms with Gasteiger partial charge in [0.2, 0.25) is 0 Å². The van der Waals surface area contributed by atoms with Gasteiger partial charge in [-0.15, -0.1) is 0 Å². The van der Waals surface area contributed by atoms with Crippen LogP contribution < -0.4 is 16.4 Å². The minimum atomic E-state index is 0.222. The number of nitrogens with zero attached hydrogens (tertiary/aromatic N) is 2. The Labute approximate surface area is 218 Å². The van der Waals surface area contributed by atoms with Crippen molar-refractivity contribution in [2.45, 2.75) is 19.4 Å². The minimum Gasteiger partial charge on any atom is -0.397 e. The maximum absolute atomic E-state index is 8.50. The van der Waals surface area contributed by atoms with E-state index in [0.29, 0.717) is 5.84 Å². The van der Waals surface area contributed by atoms with Crippen LogP contribution in [0.1, 0.15) is 24.0 Å². The smallest absolute Gasteiger partial charge is 0.150 e. The molecule has 0 amide bonds. The fourth-order valence-electron chi connectivity index (χ4n) is 4.73. The fraction of sp³-hybridized carbons (Fsp3) is 0.125. The van der Waals surface area contributed by atoms with Crippen molar-refractivity contribution in [2.24, 2.45) is 10.7 Å². The third-order valence-electron chi connectivity index (χ3n) is 6.74. The zero-order valence-corrected chi connectivity index (χ0v) is 21.0. The Morgan fingerprint density at radius 3 is 2.35 bits per heavy atom. The standard InChI is InChI=1S/C32H31N5/c1-37(30-14-8-7-13-29(30)33)21-22-15-17-23(18-16-22)27-19-25-11-5-6-12-26(25)20-28(27)32(35)36-31(34)24-9-3-2-4-10-24/h2-3,5-9,11-20H,4,10,21,33H2,1H3,(H3,34,35,36). The van der Waals surface area contributed by atoms with Crippen LogP contribution in [0.5, 0.6) is 0 Å². The molecule has 4 aromatic rings. The first kappa shape index (κ1) is 24.1. The van der Waals surface area contributed by atoms with Crippen LogP contribution >= 0.6 is 0 Å². The largest absolute Gasteiger partial charge is 0.397 e. The van der Waals surface area contributed by atoms with Gasteiger partial charge in [-0.1, -0.05) is 78.9 Å². The Bertz CT molecular complexity index is 1540. The van der Waals surface area contributed by atoms with Crippen molar-refractivity contribution in [1.29, 1.82) is 5.41 Å². The molecule has 184 valence electrons. The summed E-state index contributed by atoms with van der Waals surface area (Å²) in [7, 11) is 2.05. The van der Waals surface area contributed by atoms with E-state index < -0.39 is 0 Å². The summed E-state index contributed by atoms with van der Waals surface area (Å²) in [6.07, 6.45) is 7.75. The molecule has 5 nitrogen and oxygen atoms in total. The second-order valence-corrected chi connectivity index (χ2v) is 9.36. The normalized spacial score (nSPS) is 13.4. The average Bonchev–Trinajstić information content (AvgIpc) is 2.93. The Hall–Kier alpha value is -4.64. The molecule has 0 saturated carbocycles. The Kier molecular flexibility index (Phi) is 6.86. The highest BCUT2D eigenvalue weighted by atomic mass is 15.1. The van der Waals surface area contributed by atoms with Gasteiger partial charge in [0.1, 0.15) is 11.7 Å². The minimum absolute atomic E-state index is 0.222. The first-order chi connectivity index (χ1) is 18.0. The summed E-state index contributed by atoms with van der Waals surface area (Å²) >= 11 is 0. The molecule has 0 unspecified atom stereocenters. The summed E-state index contributed by atoms with van der Waals surface area (Å²) in [5.41, 5.74) is 19.5. The number of benzene rings is 4. The quantitative estimate of drug-likeness (QED) is 0.161. The second kappa shape index (κ2) is 10.5. The Balaban J connectivity index is 1.48. The van der Waals surface area contributed by atoms with Crippen molar-refractivity contribution in [2.75, 3.05) is 17.7 Å². The lowest BCUT2D eigenvalue weighted by Crippen LogP contribution is -2.18. The van der Waals surface area contributed by atoms with Crippen molar-refractivity contribution in [1.82, 2.24) is 0 Å². The molecule has 4 aromatic carbocycles. The number of aliphatic imine (C=N–C) groups is 1. The van der Waals surface area contributed by atoms with Crippen LogP contribution in [0.4, 0.5) is 11.4 Å². The van der Waals surface area contributed by atoms with E-state index in [1.165, 1.54) is 5.56 Å². The number of fused-ring (bicyclic) bond motifs is 1. The maximum Gasteiger partial charge on any atom is 0.150 e. The van der Waals surface area contributed by atoms with Crippen molar-refractivity contribution < 1.29 is 0 Å². The topological polar surface area (TPSA) is 91.5 Å². The van der Waals surface area contributed by atoms with Gasteiger partial charge in [0.15, 0.2) is 0 Å². The van der Waals surface area contributed by atoms with E-state index in [9.17, 15) is 0 Å². The molecule has 5 rings (SSSR count). The molecule has 37 heavy (non-hydrogen) atoms. The number of nitrogens with two attached hydrogens (primary N) is 2. The van der Waals surface area contributed by atoms with Gasteiger partial charge in [0, 0.05) is 19.2 Å². The molecule has 1 aliphatic carbocycles. The fourth-order valence-corrected chi connectivity index (χ4v) is 4.73. The van der Waals surface area contributed by atoms with E-state index >= 15 is 0 Å². The summed E-state index contributed by atoms with van der Waals surface area (Å²) in [5.74, 6) is 0.573. The molecule has 0 aliphatic heterocycles. The summed E-state index contributed by atoms with van der Waals surface area (Å²) in [4.78, 5) is 6.67. The van der Waals surface area contributed by atoms with Gasteiger partial charge in [-0.2, -0.15) is 0 Å². The Morgan fingerprint density at radius 1 is 0.946 bits per heavy atom. The first-order valence-electron chi connectivity index (χ1n) is 12.5. The molecule has 0 atom stereocenters. The van der Waals surface area contributed by atoms with Crippen LogP contribution in [0.2, 0.25) is 0 Å². The van der Waals surface area contributed by atoms with Gasteiger partial charge in [0.25, 0.3) is 0 Å². The average molecular weight is 486 g/mol. The predicted molar refractivity (Wildman–Crippen MR) is 157 cm³/mol. The zero-order valence-electron chi connectivity index (χ0n) is 21.0. The molecule has 0 saturated heterocycles. The lowest BCUT2D eigenvalue weighted by atomic mass is 9.94. The number of rotatable bonds is 6. The number of nitrogens with one attached hydrogen (secondary N) is 1. The highest BCUT2D eigenvalue weighted by Gasteiger charge is 2.14. The summed E-state index contributed by atoms with van der Waals surface area (Å²) in [6.45, 7) is 0.739. The van der Waals surface area contributed by atoms with E-state index in [0.717, 1.165) is 63.8 Å². The number of hydrogen-bond acceptors (Lipinski definition) is 3. The highest BCUT2D eigenvalue weighted by Crippen LogP contribution is 2.30. The van der Waals surface area contributed by atoms with E-state index in [-0.39, 0.29) is 5.84 Å². The van der Waals surface area contributed by atoms with Gasteiger partial charge >= 0.3 is 0 Å². The van der Waals surface area contributed by atoms with Gasteiger partial charge in [0.05, 0.1) is 11.4 Å². The van der Waals surface area contributed by atoms with Crippen molar-refractivity contribution >= 4 is 33.8 Å². The van der Waals surface area contributed by atoms with Crippen molar-refractivity contribution in [3.63, 3.8) is 0 Å². The SMILES string of the molecule is CN(Cc1ccc(-c2cc3ccccc3cc2C(N)=NC(=N)C2=CC=CCC2)cc1)c1ccccc1N. The molecular weight excluding hydrogens is 454 g/mol. The molecule has 0 spiro atoms. The lowest BCUT2D eigenvalue weighted by molar-refractivity contribution is 0.925. The first-order valence-corrected chi connectivity index (χ1v) is 12.5. The van der Waals surface area contributed by atoms with E-state index in [4.69, 9.17) is 16.9 Å². The van der Waals surface area contributed by atoms with Gasteiger partial charge in [-0.05, 0) is 70.1 Å². The van der Waals surface area contributed by atoms with Gasteiger partial charge < -0.3 is 16.4 Å². The zero-order chi connectivity index (χ0) is 25.8. The number of nitrogen functional groups attached to an aromatic ring is 1. The van der Waals surface area contributed by atoms with Crippen LogP contribution in [0.15, 0.2) is 114 Å². The number of anilines is 2. The molecule has 0 heterocycles. The third kappa shape index (κ3) is 5.31. The summed E-state index contributed by atoms with van der Waals surface area (Å²) in [6, 6.07) is 28.9. The summed E-state index contributed by atoms with van der Waals surface area (Å²) < 4.78 is 0. The number of para-hydroxylation sites is 2. The monoisotopic (exact) mass is 485 g/mol. The molecule has 0 fully saturated rings. The van der Waals surface area contributed by atoms with Crippen LogP contribution in [-0.2, 0) is 6.54 Å². The molecular formula is C32H31N5. The molecule has 1 aliphatic rings. The van der Waals surface area contributed by atoms with Crippen molar-refractivity contribution in [3.05, 3.63) is 120 Å². The highest BCUT2D eigenvalue weighted by molar-refractivity contribution is 6.14. The predicted octanol–water partition coefficient (Wildman–Crippen LogP) is 6.68. The third-order valence-corrected chi connectivity index (χ3v) is 6.74. The molecule has 0 bridgehead atoms. The van der Waals surface area contributed by atoms with Gasteiger partial charge in [-0.3, -0.25) is 5.41 Å². The molecule has 5 heteroatoms. The van der Waals surface area contributed by atoms with E-state index in [1.807, 2.05) is 55.6 Å². The van der Waals surface area contributed by atoms with Crippen LogP contribution in [0, 0.1) is 5.41 Å². The maximum atomic E-state index is 8.50. The second-order valence-electron chi connectivity index (χ2n) is 9.36. The van der Waals surface area contributed by atoms with Crippen molar-refractivity contribution in [3.8, 4) is 11.1 Å². The number of allylic oxidation sites excluding steroid dienone is 3. The molecule has 0 aromatic heterocycles. The van der Waals surface area contributed by atoms with Gasteiger partial charge in [-0.25, -0.2) is 4.99 Å². The molecule has 0 radical (unpaired) electrons. The van der Waals surface area contributed by atoms with E-state index in [2.05, 4.69) is 64.5 Å².